The molecule has 0 atom stereocenters. The molecule has 0 unspecified atom stereocenters. The van der Waals surface area contributed by atoms with Gasteiger partial charge in [-0.15, -0.1) is 0 Å². The molecule has 2 rings (SSSR count). The van der Waals surface area contributed by atoms with Crippen molar-refractivity contribution in [2.24, 2.45) is 0 Å². The topological polar surface area (TPSA) is 63.7 Å². The number of methoxy groups -OCH3 is 1. The summed E-state index contributed by atoms with van der Waals surface area (Å²) < 4.78 is 31.1. The Labute approximate surface area is 142 Å². The van der Waals surface area contributed by atoms with Crippen LogP contribution in [0, 0.1) is 0 Å². The number of aryl methyl sites for hydroxylation is 1. The highest BCUT2D eigenvalue weighted by Crippen LogP contribution is 2.18. The molecule has 5 nitrogen and oxygen atoms in total. The number of carbonyl (C=O) groups excluding carboxylic acids is 1. The molecule has 0 aliphatic rings. The van der Waals surface area contributed by atoms with E-state index in [2.05, 4.69) is 11.7 Å². The van der Waals surface area contributed by atoms with Gasteiger partial charge < -0.3 is 4.74 Å². The summed E-state index contributed by atoms with van der Waals surface area (Å²) in [6.07, 6.45) is 0.945. The average Bonchev–Trinajstić information content (AvgIpc) is 2.61. The van der Waals surface area contributed by atoms with Crippen LogP contribution in [-0.2, 0) is 27.7 Å². The van der Waals surface area contributed by atoms with Gasteiger partial charge in [-0.05, 0) is 41.8 Å². The van der Waals surface area contributed by atoms with E-state index in [1.165, 1.54) is 48.3 Å². The number of sulfonamides is 1. The van der Waals surface area contributed by atoms with Gasteiger partial charge in [0.05, 0.1) is 17.6 Å². The predicted molar refractivity (Wildman–Crippen MR) is 92.3 cm³/mol. The molecule has 0 bridgehead atoms. The summed E-state index contributed by atoms with van der Waals surface area (Å²) in [7, 11) is -0.800. The van der Waals surface area contributed by atoms with Gasteiger partial charge in [-0.2, -0.15) is 4.31 Å². The van der Waals surface area contributed by atoms with Crippen LogP contribution in [0.3, 0.4) is 0 Å². The molecule has 0 spiro atoms. The molecule has 0 saturated heterocycles. The van der Waals surface area contributed by atoms with E-state index in [4.69, 9.17) is 0 Å². The van der Waals surface area contributed by atoms with Crippen molar-refractivity contribution in [3.8, 4) is 0 Å². The number of hydrogen-bond acceptors (Lipinski definition) is 4. The molecule has 6 heteroatoms. The molecule has 24 heavy (non-hydrogen) atoms. The zero-order chi connectivity index (χ0) is 17.7. The summed E-state index contributed by atoms with van der Waals surface area (Å²) in [4.78, 5) is 11.6. The molecular weight excluding hydrogens is 326 g/mol. The van der Waals surface area contributed by atoms with E-state index in [1.54, 1.807) is 0 Å². The molecule has 0 radical (unpaired) electrons. The first kappa shape index (κ1) is 18.2. The van der Waals surface area contributed by atoms with Crippen LogP contribution < -0.4 is 0 Å². The summed E-state index contributed by atoms with van der Waals surface area (Å²) in [5, 5.41) is 0. The number of benzene rings is 2. The molecule has 128 valence electrons. The van der Waals surface area contributed by atoms with E-state index in [1.807, 2.05) is 24.3 Å². The number of ether oxygens (including phenoxy) is 1. The molecule has 0 N–H and O–H groups in total. The molecule has 0 amide bonds. The Morgan fingerprint density at radius 3 is 2.04 bits per heavy atom. The molecule has 0 aliphatic heterocycles. The van der Waals surface area contributed by atoms with E-state index in [0.717, 1.165) is 12.0 Å². The van der Waals surface area contributed by atoms with Gasteiger partial charge in [0.1, 0.15) is 0 Å². The van der Waals surface area contributed by atoms with Crippen LogP contribution in [0.4, 0.5) is 0 Å². The number of carbonyl (C=O) groups is 1. The summed E-state index contributed by atoms with van der Waals surface area (Å²) >= 11 is 0. The van der Waals surface area contributed by atoms with Gasteiger partial charge >= 0.3 is 5.97 Å². The Morgan fingerprint density at radius 2 is 1.54 bits per heavy atom. The molecule has 0 fully saturated rings. The van der Waals surface area contributed by atoms with Crippen LogP contribution >= 0.6 is 0 Å². The lowest BCUT2D eigenvalue weighted by Gasteiger charge is -2.17. The van der Waals surface area contributed by atoms with Crippen LogP contribution in [0.2, 0.25) is 0 Å². The summed E-state index contributed by atoms with van der Waals surface area (Å²) in [6.45, 7) is 2.36. The van der Waals surface area contributed by atoms with Crippen LogP contribution in [0.1, 0.15) is 28.4 Å². The summed E-state index contributed by atoms with van der Waals surface area (Å²) in [6, 6.07) is 13.6. The van der Waals surface area contributed by atoms with E-state index < -0.39 is 16.0 Å². The lowest BCUT2D eigenvalue weighted by Crippen LogP contribution is -2.26. The van der Waals surface area contributed by atoms with Crippen molar-refractivity contribution in [2.75, 3.05) is 14.2 Å². The van der Waals surface area contributed by atoms with Gasteiger partial charge in [0, 0.05) is 13.6 Å². The van der Waals surface area contributed by atoms with Gasteiger partial charge in [-0.25, -0.2) is 13.2 Å². The minimum absolute atomic E-state index is 0.142. The number of rotatable bonds is 6. The van der Waals surface area contributed by atoms with Gasteiger partial charge in [0.15, 0.2) is 0 Å². The third-order valence-corrected chi connectivity index (χ3v) is 5.64. The lowest BCUT2D eigenvalue weighted by molar-refractivity contribution is 0.0600. The van der Waals surface area contributed by atoms with E-state index in [-0.39, 0.29) is 11.4 Å². The normalized spacial score (nSPS) is 11.5. The fourth-order valence-corrected chi connectivity index (χ4v) is 3.44. The van der Waals surface area contributed by atoms with Crippen LogP contribution in [-0.4, -0.2) is 32.8 Å². The Morgan fingerprint density at radius 1 is 1.00 bits per heavy atom. The fraction of sp³-hybridized carbons (Fsp3) is 0.278. The molecular formula is C18H21NO4S. The first-order valence-electron chi connectivity index (χ1n) is 7.61. The minimum Gasteiger partial charge on any atom is -0.465 e. The van der Waals surface area contributed by atoms with Crippen molar-refractivity contribution in [2.45, 2.75) is 24.8 Å². The number of esters is 1. The molecule has 0 saturated carbocycles. The number of hydrogen-bond donors (Lipinski definition) is 0. The molecule has 0 heterocycles. The highest BCUT2D eigenvalue weighted by molar-refractivity contribution is 7.89. The highest BCUT2D eigenvalue weighted by Gasteiger charge is 2.21. The molecule has 2 aromatic rings. The van der Waals surface area contributed by atoms with Crippen molar-refractivity contribution >= 4 is 16.0 Å². The van der Waals surface area contributed by atoms with E-state index in [0.29, 0.717) is 5.56 Å². The van der Waals surface area contributed by atoms with Gasteiger partial charge in [0.25, 0.3) is 0 Å². The standard InChI is InChI=1S/C18H21NO4S/c1-4-14-5-7-15(8-6-14)13-19(2)24(21,22)17-11-9-16(10-12-17)18(20)23-3/h5-12H,4,13H2,1-3H3. The lowest BCUT2D eigenvalue weighted by atomic mass is 10.1. The van der Waals surface area contributed by atoms with Crippen molar-refractivity contribution in [3.05, 3.63) is 65.2 Å². The summed E-state index contributed by atoms with van der Waals surface area (Å²) in [5.41, 5.74) is 2.45. The Kier molecular flexibility index (Phi) is 5.75. The maximum absolute atomic E-state index is 12.6. The maximum atomic E-state index is 12.6. The smallest absolute Gasteiger partial charge is 0.337 e. The second kappa shape index (κ2) is 7.59. The zero-order valence-corrected chi connectivity index (χ0v) is 14.8. The fourth-order valence-electron chi connectivity index (χ4n) is 2.28. The van der Waals surface area contributed by atoms with Crippen molar-refractivity contribution in [1.29, 1.82) is 0 Å². The zero-order valence-electron chi connectivity index (χ0n) is 14.0. The second-order valence-corrected chi connectivity index (χ2v) is 7.49. The largest absolute Gasteiger partial charge is 0.465 e. The Balaban J connectivity index is 2.17. The third kappa shape index (κ3) is 4.01. The predicted octanol–water partition coefficient (Wildman–Crippen LogP) is 2.86. The molecule has 0 aromatic heterocycles. The first-order valence-corrected chi connectivity index (χ1v) is 9.05. The van der Waals surface area contributed by atoms with E-state index >= 15 is 0 Å². The third-order valence-electron chi connectivity index (χ3n) is 3.82. The molecule has 2 aromatic carbocycles. The van der Waals surface area contributed by atoms with Crippen LogP contribution in [0.25, 0.3) is 0 Å². The van der Waals surface area contributed by atoms with Gasteiger partial charge in [0.2, 0.25) is 10.0 Å². The quantitative estimate of drug-likeness (QED) is 0.754. The average molecular weight is 347 g/mol. The van der Waals surface area contributed by atoms with Crippen molar-refractivity contribution < 1.29 is 17.9 Å². The highest BCUT2D eigenvalue weighted by atomic mass is 32.2. The maximum Gasteiger partial charge on any atom is 0.337 e. The number of nitrogens with zero attached hydrogens (tertiary/aromatic N) is 1. The van der Waals surface area contributed by atoms with Gasteiger partial charge in [-0.1, -0.05) is 31.2 Å². The van der Waals surface area contributed by atoms with Crippen molar-refractivity contribution in [1.82, 2.24) is 4.31 Å². The van der Waals surface area contributed by atoms with E-state index in [9.17, 15) is 13.2 Å². The SMILES string of the molecule is CCc1ccc(CN(C)S(=O)(=O)c2ccc(C(=O)OC)cc2)cc1. The Hall–Kier alpha value is -2.18. The second-order valence-electron chi connectivity index (χ2n) is 5.45. The first-order chi connectivity index (χ1) is 11.4. The van der Waals surface area contributed by atoms with Crippen LogP contribution in [0.5, 0.6) is 0 Å². The Bertz CT molecular complexity index is 796. The van der Waals surface area contributed by atoms with Crippen LogP contribution in [0.15, 0.2) is 53.4 Å². The van der Waals surface area contributed by atoms with Gasteiger partial charge in [-0.3, -0.25) is 0 Å². The minimum atomic E-state index is -3.62. The summed E-state index contributed by atoms with van der Waals surface area (Å²) in [5.74, 6) is -0.497. The van der Waals surface area contributed by atoms with Crippen molar-refractivity contribution in [3.63, 3.8) is 0 Å². The molecule has 0 aliphatic carbocycles. The monoisotopic (exact) mass is 347 g/mol.